The monoisotopic (exact) mass is 304 g/mol. The molecule has 0 aliphatic carbocycles. The van der Waals surface area contributed by atoms with E-state index in [1.54, 1.807) is 11.8 Å². The average molecular weight is 304 g/mol. The van der Waals surface area contributed by atoms with Crippen LogP contribution in [0.4, 0.5) is 4.79 Å². The van der Waals surface area contributed by atoms with Gasteiger partial charge in [0.05, 0.1) is 6.54 Å². The summed E-state index contributed by atoms with van der Waals surface area (Å²) in [4.78, 5) is 15.8. The average Bonchev–Trinajstić information content (AvgIpc) is 2.32. The third-order valence-corrected chi connectivity index (χ3v) is 2.59. The molecule has 0 saturated heterocycles. The van der Waals surface area contributed by atoms with Gasteiger partial charge in [0.1, 0.15) is 5.60 Å². The third-order valence-electron chi connectivity index (χ3n) is 2.00. The lowest BCUT2D eigenvalue weighted by Crippen LogP contribution is -2.42. The van der Waals surface area contributed by atoms with Gasteiger partial charge in [-0.25, -0.2) is 4.79 Å². The van der Waals surface area contributed by atoms with E-state index in [1.807, 2.05) is 27.7 Å². The van der Waals surface area contributed by atoms with E-state index < -0.39 is 11.7 Å². The summed E-state index contributed by atoms with van der Waals surface area (Å²) in [6, 6.07) is 0. The van der Waals surface area contributed by atoms with Crippen molar-refractivity contribution in [3.63, 3.8) is 0 Å². The van der Waals surface area contributed by atoms with Gasteiger partial charge >= 0.3 is 6.09 Å². The van der Waals surface area contributed by atoms with Crippen molar-refractivity contribution in [2.45, 2.75) is 33.3 Å². The second-order valence-electron chi connectivity index (χ2n) is 5.11. The molecule has 1 amide bonds. The van der Waals surface area contributed by atoms with E-state index >= 15 is 0 Å². The fraction of sp³-hybridized carbons (Fsp3) is 0.846. The second-order valence-corrected chi connectivity index (χ2v) is 6.09. The van der Waals surface area contributed by atoms with E-state index in [0.29, 0.717) is 13.1 Å². The van der Waals surface area contributed by atoms with Gasteiger partial charge in [0.2, 0.25) is 0 Å². The summed E-state index contributed by atoms with van der Waals surface area (Å²) in [7, 11) is 0. The van der Waals surface area contributed by atoms with Crippen LogP contribution in [0.1, 0.15) is 27.7 Å². The molecule has 0 rings (SSSR count). The zero-order valence-corrected chi connectivity index (χ0v) is 14.0. The lowest BCUT2D eigenvalue weighted by molar-refractivity contribution is 0.0529. The molecular weight excluding hydrogens is 276 g/mol. The number of hydrogen-bond acceptors (Lipinski definition) is 4. The van der Waals surface area contributed by atoms with Crippen LogP contribution in [0.5, 0.6) is 0 Å². The minimum atomic E-state index is -0.467. The third kappa shape index (κ3) is 12.0. The number of carbonyl (C=O) groups excluding carboxylic acids is 1. The van der Waals surface area contributed by atoms with E-state index in [4.69, 9.17) is 4.74 Å². The normalized spacial score (nSPS) is 11.9. The molecule has 0 aliphatic rings. The number of thioether (sulfide) groups is 1. The van der Waals surface area contributed by atoms with E-state index in [0.717, 1.165) is 24.8 Å². The minimum Gasteiger partial charge on any atom is -0.444 e. The molecule has 7 heteroatoms. The van der Waals surface area contributed by atoms with Gasteiger partial charge < -0.3 is 20.7 Å². The van der Waals surface area contributed by atoms with Gasteiger partial charge in [-0.1, -0.05) is 0 Å². The molecule has 0 atom stereocenters. The summed E-state index contributed by atoms with van der Waals surface area (Å²) >= 11 is 1.76. The van der Waals surface area contributed by atoms with Gasteiger partial charge in [-0.15, -0.1) is 0 Å². The van der Waals surface area contributed by atoms with Crippen LogP contribution in [0.15, 0.2) is 4.99 Å². The molecule has 0 aromatic heterocycles. The Bertz CT molecular complexity index is 303. The van der Waals surface area contributed by atoms with Crippen LogP contribution in [0.25, 0.3) is 0 Å². The first kappa shape index (κ1) is 18.9. The fourth-order valence-corrected chi connectivity index (χ4v) is 1.52. The van der Waals surface area contributed by atoms with Crippen molar-refractivity contribution < 1.29 is 9.53 Å². The topological polar surface area (TPSA) is 74.8 Å². The first-order chi connectivity index (χ1) is 9.39. The Balaban J connectivity index is 3.88. The molecule has 0 bridgehead atoms. The summed E-state index contributed by atoms with van der Waals surface area (Å²) in [5.74, 6) is 1.76. The fourth-order valence-electron chi connectivity index (χ4n) is 1.25. The van der Waals surface area contributed by atoms with Gasteiger partial charge in [0.15, 0.2) is 5.96 Å². The Morgan fingerprint density at radius 2 is 1.85 bits per heavy atom. The van der Waals surface area contributed by atoms with Crippen LogP contribution < -0.4 is 16.0 Å². The molecule has 20 heavy (non-hydrogen) atoms. The summed E-state index contributed by atoms with van der Waals surface area (Å²) in [6.07, 6.45) is 1.66. The maximum atomic E-state index is 11.4. The predicted molar refractivity (Wildman–Crippen MR) is 86.6 cm³/mol. The number of carbonyl (C=O) groups is 1. The molecular formula is C13H28N4O2S. The number of amides is 1. The van der Waals surface area contributed by atoms with Crippen molar-refractivity contribution in [1.29, 1.82) is 0 Å². The van der Waals surface area contributed by atoms with Crippen molar-refractivity contribution in [1.82, 2.24) is 16.0 Å². The van der Waals surface area contributed by atoms with Crippen molar-refractivity contribution in [3.05, 3.63) is 0 Å². The van der Waals surface area contributed by atoms with Gasteiger partial charge in [-0.2, -0.15) is 11.8 Å². The van der Waals surface area contributed by atoms with Crippen LogP contribution in [0, 0.1) is 0 Å². The van der Waals surface area contributed by atoms with Crippen LogP contribution >= 0.6 is 11.8 Å². The second kappa shape index (κ2) is 10.7. The van der Waals surface area contributed by atoms with Crippen LogP contribution in [0.3, 0.4) is 0 Å². The minimum absolute atomic E-state index is 0.399. The van der Waals surface area contributed by atoms with Crippen molar-refractivity contribution in [2.24, 2.45) is 4.99 Å². The first-order valence-corrected chi connectivity index (χ1v) is 8.26. The number of nitrogens with one attached hydrogen (secondary N) is 3. The summed E-state index contributed by atoms with van der Waals surface area (Å²) in [5.41, 5.74) is -0.467. The van der Waals surface area contributed by atoms with Gasteiger partial charge in [-0.3, -0.25) is 4.99 Å². The molecule has 0 saturated carbocycles. The number of rotatable bonds is 7. The first-order valence-electron chi connectivity index (χ1n) is 6.87. The SMILES string of the molecule is CCNC(=NCCSC)NCCNC(=O)OC(C)(C)C. The van der Waals surface area contributed by atoms with E-state index in [2.05, 4.69) is 27.2 Å². The summed E-state index contributed by atoms with van der Waals surface area (Å²) < 4.78 is 5.15. The molecule has 118 valence electrons. The highest BCUT2D eigenvalue weighted by molar-refractivity contribution is 7.98. The largest absolute Gasteiger partial charge is 0.444 e. The smallest absolute Gasteiger partial charge is 0.407 e. The standard InChI is InChI=1S/C13H28N4O2S/c1-6-14-11(16-9-10-20-5)15-7-8-17-12(18)19-13(2,3)4/h6-10H2,1-5H3,(H,17,18)(H2,14,15,16). The Labute approximate surface area is 126 Å². The van der Waals surface area contributed by atoms with E-state index in [9.17, 15) is 4.79 Å². The molecule has 6 nitrogen and oxygen atoms in total. The van der Waals surface area contributed by atoms with Crippen molar-refractivity contribution in [2.75, 3.05) is 38.2 Å². The van der Waals surface area contributed by atoms with E-state index in [-0.39, 0.29) is 0 Å². The molecule has 0 radical (unpaired) electrons. The maximum Gasteiger partial charge on any atom is 0.407 e. The number of aliphatic imine (C=N–C) groups is 1. The molecule has 0 aromatic carbocycles. The molecule has 0 fully saturated rings. The van der Waals surface area contributed by atoms with Gasteiger partial charge in [0, 0.05) is 25.4 Å². The zero-order chi connectivity index (χ0) is 15.4. The Hall–Kier alpha value is -1.11. The highest BCUT2D eigenvalue weighted by Gasteiger charge is 2.15. The molecule has 0 aliphatic heterocycles. The lowest BCUT2D eigenvalue weighted by atomic mass is 10.2. The number of ether oxygens (including phenoxy) is 1. The molecule has 3 N–H and O–H groups in total. The highest BCUT2D eigenvalue weighted by Crippen LogP contribution is 2.05. The summed E-state index contributed by atoms with van der Waals surface area (Å²) in [6.45, 7) is 10.2. The molecule has 0 heterocycles. The molecule has 0 aromatic rings. The van der Waals surface area contributed by atoms with Crippen LogP contribution in [0.2, 0.25) is 0 Å². The van der Waals surface area contributed by atoms with E-state index in [1.165, 1.54) is 0 Å². The number of nitrogens with zero attached hydrogens (tertiary/aromatic N) is 1. The summed E-state index contributed by atoms with van der Waals surface area (Å²) in [5, 5.41) is 9.00. The van der Waals surface area contributed by atoms with Crippen molar-refractivity contribution >= 4 is 23.8 Å². The molecule has 0 unspecified atom stereocenters. The predicted octanol–water partition coefficient (Wildman–Crippen LogP) is 1.43. The zero-order valence-electron chi connectivity index (χ0n) is 13.2. The quantitative estimate of drug-likeness (QED) is 0.377. The Kier molecular flexibility index (Phi) is 10.1. The maximum absolute atomic E-state index is 11.4. The van der Waals surface area contributed by atoms with Gasteiger partial charge in [-0.05, 0) is 34.0 Å². The number of alkyl carbamates (subject to hydrolysis) is 1. The molecule has 0 spiro atoms. The van der Waals surface area contributed by atoms with Crippen molar-refractivity contribution in [3.8, 4) is 0 Å². The lowest BCUT2D eigenvalue weighted by Gasteiger charge is -2.19. The number of guanidine groups is 1. The van der Waals surface area contributed by atoms with Crippen LogP contribution in [-0.2, 0) is 4.74 Å². The van der Waals surface area contributed by atoms with Gasteiger partial charge in [0.25, 0.3) is 0 Å². The Morgan fingerprint density at radius 3 is 2.40 bits per heavy atom. The number of hydrogen-bond donors (Lipinski definition) is 3. The highest BCUT2D eigenvalue weighted by atomic mass is 32.2. The van der Waals surface area contributed by atoms with Crippen LogP contribution in [-0.4, -0.2) is 55.8 Å². The Morgan fingerprint density at radius 1 is 1.20 bits per heavy atom.